The van der Waals surface area contributed by atoms with E-state index >= 15 is 0 Å². The number of rotatable bonds is 2. The fourth-order valence-electron chi connectivity index (χ4n) is 2.50. The van der Waals surface area contributed by atoms with Crippen LogP contribution in [0.2, 0.25) is 0 Å². The molecule has 1 aliphatic carbocycles. The van der Waals surface area contributed by atoms with E-state index in [0.29, 0.717) is 0 Å². The van der Waals surface area contributed by atoms with Crippen LogP contribution in [0, 0.1) is 0 Å². The van der Waals surface area contributed by atoms with Crippen molar-refractivity contribution in [3.63, 3.8) is 0 Å². The zero-order valence-corrected chi connectivity index (χ0v) is 11.8. The summed E-state index contributed by atoms with van der Waals surface area (Å²) in [6.45, 7) is 0. The highest BCUT2D eigenvalue weighted by atomic mass is 32.1. The second-order valence-corrected chi connectivity index (χ2v) is 5.88. The molecule has 2 aromatic rings. The number of halogens is 3. The Morgan fingerprint density at radius 2 is 2.14 bits per heavy atom. The Morgan fingerprint density at radius 1 is 1.33 bits per heavy atom. The third kappa shape index (κ3) is 2.94. The average Bonchev–Trinajstić information content (AvgIpc) is 2.86. The lowest BCUT2D eigenvalue weighted by atomic mass is 9.94. The van der Waals surface area contributed by atoms with E-state index in [1.54, 1.807) is 11.3 Å². The van der Waals surface area contributed by atoms with Gasteiger partial charge in [-0.25, -0.2) is 4.98 Å². The van der Waals surface area contributed by atoms with Gasteiger partial charge in [0.1, 0.15) is 5.82 Å². The molecule has 4 nitrogen and oxygen atoms in total. The summed E-state index contributed by atoms with van der Waals surface area (Å²) in [5.74, 6) is -0.271. The summed E-state index contributed by atoms with van der Waals surface area (Å²) in [4.78, 5) is 8.37. The Hall–Kier alpha value is -1.83. The van der Waals surface area contributed by atoms with Crippen LogP contribution in [0.4, 0.5) is 24.9 Å². The molecule has 2 aromatic heterocycles. The summed E-state index contributed by atoms with van der Waals surface area (Å²) in [6.07, 6.45) is -1.66. The van der Waals surface area contributed by atoms with Gasteiger partial charge >= 0.3 is 6.18 Å². The first-order valence-corrected chi connectivity index (χ1v) is 7.36. The van der Waals surface area contributed by atoms with E-state index in [2.05, 4.69) is 15.3 Å². The van der Waals surface area contributed by atoms with Gasteiger partial charge in [-0.05, 0) is 36.3 Å². The Labute approximate surface area is 123 Å². The molecule has 1 unspecified atom stereocenters. The summed E-state index contributed by atoms with van der Waals surface area (Å²) in [5.41, 5.74) is 5.48. The van der Waals surface area contributed by atoms with Crippen molar-refractivity contribution in [3.8, 4) is 0 Å². The Kier molecular flexibility index (Phi) is 3.48. The van der Waals surface area contributed by atoms with Gasteiger partial charge in [-0.1, -0.05) is 0 Å². The van der Waals surface area contributed by atoms with Crippen LogP contribution in [0.15, 0.2) is 17.5 Å². The van der Waals surface area contributed by atoms with Gasteiger partial charge in [0.2, 0.25) is 5.95 Å². The van der Waals surface area contributed by atoms with Gasteiger partial charge in [0.05, 0.1) is 6.04 Å². The molecule has 2 heterocycles. The normalized spacial score (nSPS) is 18.3. The standard InChI is InChI=1S/C13H13F3N4S/c14-13(15,16)10-6-11(20-12(17)19-10)18-8-2-1-3-9-7(8)4-5-21-9/h4-6,8H,1-3H2,(H3,17,18,19,20). The Bertz CT molecular complexity index is 653. The minimum absolute atomic E-state index is 0.0321. The van der Waals surface area contributed by atoms with Gasteiger partial charge in [0.15, 0.2) is 5.69 Å². The van der Waals surface area contributed by atoms with Crippen LogP contribution in [0.5, 0.6) is 0 Å². The molecule has 21 heavy (non-hydrogen) atoms. The van der Waals surface area contributed by atoms with Crippen LogP contribution in [0.1, 0.15) is 35.0 Å². The molecule has 8 heteroatoms. The van der Waals surface area contributed by atoms with E-state index in [1.807, 2.05) is 11.4 Å². The number of fused-ring (bicyclic) bond motifs is 1. The highest BCUT2D eigenvalue weighted by molar-refractivity contribution is 7.10. The second kappa shape index (κ2) is 5.18. The molecule has 0 radical (unpaired) electrons. The third-order valence-corrected chi connectivity index (χ3v) is 4.40. The number of hydrogen-bond donors (Lipinski definition) is 2. The minimum Gasteiger partial charge on any atom is -0.368 e. The highest BCUT2D eigenvalue weighted by Gasteiger charge is 2.34. The van der Waals surface area contributed by atoms with E-state index in [1.165, 1.54) is 4.88 Å². The predicted octanol–water partition coefficient (Wildman–Crippen LogP) is 3.63. The molecule has 112 valence electrons. The zero-order chi connectivity index (χ0) is 15.0. The van der Waals surface area contributed by atoms with Gasteiger partial charge in [0, 0.05) is 10.9 Å². The largest absolute Gasteiger partial charge is 0.433 e. The molecule has 0 aromatic carbocycles. The van der Waals surface area contributed by atoms with Crippen LogP contribution in [-0.2, 0) is 12.6 Å². The van der Waals surface area contributed by atoms with Crippen molar-refractivity contribution in [3.05, 3.63) is 33.6 Å². The summed E-state index contributed by atoms with van der Waals surface area (Å²) < 4.78 is 38.2. The van der Waals surface area contributed by atoms with E-state index in [0.717, 1.165) is 30.9 Å². The number of anilines is 2. The predicted molar refractivity (Wildman–Crippen MR) is 75.1 cm³/mol. The molecule has 0 saturated heterocycles. The Morgan fingerprint density at radius 3 is 2.90 bits per heavy atom. The molecule has 0 spiro atoms. The Balaban J connectivity index is 1.88. The first-order chi connectivity index (χ1) is 9.93. The molecule has 1 atom stereocenters. The smallest absolute Gasteiger partial charge is 0.368 e. The van der Waals surface area contributed by atoms with Crippen molar-refractivity contribution >= 4 is 23.1 Å². The van der Waals surface area contributed by atoms with Gasteiger partial charge < -0.3 is 11.1 Å². The quantitative estimate of drug-likeness (QED) is 0.888. The fraction of sp³-hybridized carbons (Fsp3) is 0.385. The molecular weight excluding hydrogens is 301 g/mol. The molecule has 0 bridgehead atoms. The molecule has 0 amide bonds. The fourth-order valence-corrected chi connectivity index (χ4v) is 3.49. The first kappa shape index (κ1) is 14.1. The maximum Gasteiger partial charge on any atom is 0.433 e. The van der Waals surface area contributed by atoms with Crippen molar-refractivity contribution in [2.45, 2.75) is 31.5 Å². The van der Waals surface area contributed by atoms with Gasteiger partial charge in [0.25, 0.3) is 0 Å². The van der Waals surface area contributed by atoms with E-state index in [9.17, 15) is 13.2 Å². The van der Waals surface area contributed by atoms with E-state index in [-0.39, 0.29) is 17.8 Å². The zero-order valence-electron chi connectivity index (χ0n) is 10.9. The number of nitrogens with one attached hydrogen (secondary N) is 1. The summed E-state index contributed by atoms with van der Waals surface area (Å²) in [5, 5.41) is 5.05. The molecular formula is C13H13F3N4S. The van der Waals surface area contributed by atoms with Crippen molar-refractivity contribution < 1.29 is 13.2 Å². The second-order valence-electron chi connectivity index (χ2n) is 4.88. The maximum absolute atomic E-state index is 12.7. The topological polar surface area (TPSA) is 63.8 Å². The molecule has 0 aliphatic heterocycles. The number of aromatic nitrogens is 2. The number of nitrogen functional groups attached to an aromatic ring is 1. The molecule has 0 fully saturated rings. The molecule has 3 rings (SSSR count). The molecule has 1 aliphatic rings. The SMILES string of the molecule is Nc1nc(NC2CCCc3sccc32)cc(C(F)(F)F)n1. The average molecular weight is 314 g/mol. The number of nitrogens with zero attached hydrogens (tertiary/aromatic N) is 2. The van der Waals surface area contributed by atoms with Crippen molar-refractivity contribution in [1.29, 1.82) is 0 Å². The highest BCUT2D eigenvalue weighted by Crippen LogP contribution is 2.36. The van der Waals surface area contributed by atoms with Crippen LogP contribution >= 0.6 is 11.3 Å². The maximum atomic E-state index is 12.7. The van der Waals surface area contributed by atoms with Gasteiger partial charge in [-0.2, -0.15) is 18.2 Å². The summed E-state index contributed by atoms with van der Waals surface area (Å²) in [6, 6.07) is 2.87. The third-order valence-electron chi connectivity index (χ3n) is 3.41. The molecule has 3 N–H and O–H groups in total. The van der Waals surface area contributed by atoms with Crippen molar-refractivity contribution in [2.75, 3.05) is 11.1 Å². The van der Waals surface area contributed by atoms with Crippen molar-refractivity contribution in [1.82, 2.24) is 9.97 Å². The number of alkyl halides is 3. The number of aryl methyl sites for hydroxylation is 1. The lowest BCUT2D eigenvalue weighted by molar-refractivity contribution is -0.141. The number of nitrogens with two attached hydrogens (primary N) is 1. The van der Waals surface area contributed by atoms with Crippen LogP contribution in [0.3, 0.4) is 0 Å². The number of hydrogen-bond acceptors (Lipinski definition) is 5. The van der Waals surface area contributed by atoms with E-state index in [4.69, 9.17) is 5.73 Å². The summed E-state index contributed by atoms with van der Waals surface area (Å²) >= 11 is 1.67. The monoisotopic (exact) mass is 314 g/mol. The van der Waals surface area contributed by atoms with Crippen LogP contribution in [-0.4, -0.2) is 9.97 Å². The van der Waals surface area contributed by atoms with Crippen LogP contribution < -0.4 is 11.1 Å². The summed E-state index contributed by atoms with van der Waals surface area (Å²) in [7, 11) is 0. The minimum atomic E-state index is -4.53. The van der Waals surface area contributed by atoms with Crippen LogP contribution in [0.25, 0.3) is 0 Å². The lowest BCUT2D eigenvalue weighted by Crippen LogP contribution is -2.18. The molecule has 0 saturated carbocycles. The van der Waals surface area contributed by atoms with Gasteiger partial charge in [-0.3, -0.25) is 0 Å². The van der Waals surface area contributed by atoms with Crippen molar-refractivity contribution in [2.24, 2.45) is 0 Å². The van der Waals surface area contributed by atoms with E-state index < -0.39 is 11.9 Å². The first-order valence-electron chi connectivity index (χ1n) is 6.48. The lowest BCUT2D eigenvalue weighted by Gasteiger charge is -2.24. The van der Waals surface area contributed by atoms with Gasteiger partial charge in [-0.15, -0.1) is 11.3 Å². The number of thiophene rings is 1.